The van der Waals surface area contributed by atoms with Crippen molar-refractivity contribution in [3.63, 3.8) is 0 Å². The van der Waals surface area contributed by atoms with Crippen LogP contribution in [0.3, 0.4) is 0 Å². The van der Waals surface area contributed by atoms with Gasteiger partial charge < -0.3 is 5.11 Å². The minimum absolute atomic E-state index is 0.0485. The van der Waals surface area contributed by atoms with Gasteiger partial charge in [-0.3, -0.25) is 4.79 Å². The van der Waals surface area contributed by atoms with Crippen LogP contribution >= 0.6 is 22.9 Å². The van der Waals surface area contributed by atoms with Crippen molar-refractivity contribution in [2.24, 2.45) is 9.50 Å². The summed E-state index contributed by atoms with van der Waals surface area (Å²) in [5.74, 6) is -0.516. The first kappa shape index (κ1) is 25.4. The number of benzene rings is 1. The Morgan fingerprint density at radius 2 is 1.84 bits per heavy atom. The molecule has 1 aromatic carbocycles. The van der Waals surface area contributed by atoms with Crippen LogP contribution in [-0.4, -0.2) is 20.2 Å². The third-order valence-corrected chi connectivity index (χ3v) is 8.43. The Balaban J connectivity index is 2.53. The Morgan fingerprint density at radius 3 is 2.23 bits per heavy atom. The summed E-state index contributed by atoms with van der Waals surface area (Å²) in [5.41, 5.74) is 1.73. The quantitative estimate of drug-likeness (QED) is 0.620. The first-order valence-corrected chi connectivity index (χ1v) is 12.5. The van der Waals surface area contributed by atoms with Gasteiger partial charge in [-0.15, -0.1) is 15.7 Å². The lowest BCUT2D eigenvalue weighted by Crippen LogP contribution is -2.16. The van der Waals surface area contributed by atoms with E-state index in [1.54, 1.807) is 12.1 Å². The number of amides is 1. The molecule has 1 atom stereocenters. The zero-order valence-electron chi connectivity index (χ0n) is 18.4. The molecule has 2 aromatic rings. The lowest BCUT2D eigenvalue weighted by atomic mass is 9.85. The summed E-state index contributed by atoms with van der Waals surface area (Å²) in [4.78, 5) is 16.8. The van der Waals surface area contributed by atoms with Gasteiger partial charge in [0.1, 0.15) is 10.6 Å². The number of halogens is 1. The Hall–Kier alpha value is -1.83. The molecule has 3 N–H and O–H groups in total. The van der Waals surface area contributed by atoms with Gasteiger partial charge in [0.05, 0.1) is 18.1 Å². The van der Waals surface area contributed by atoms with E-state index < -0.39 is 21.4 Å². The van der Waals surface area contributed by atoms with Crippen LogP contribution in [0.2, 0.25) is 5.15 Å². The van der Waals surface area contributed by atoms with Gasteiger partial charge in [0.25, 0.3) is 5.91 Å². The zero-order chi connectivity index (χ0) is 23.7. The average Bonchev–Trinajstić information content (AvgIpc) is 3.04. The van der Waals surface area contributed by atoms with Crippen LogP contribution in [0.25, 0.3) is 0 Å². The molecule has 0 fully saturated rings. The van der Waals surface area contributed by atoms with Crippen LogP contribution in [0.5, 0.6) is 0 Å². The second-order valence-corrected chi connectivity index (χ2v) is 11.8. The van der Waals surface area contributed by atoms with E-state index in [4.69, 9.17) is 16.7 Å². The van der Waals surface area contributed by atoms with Crippen molar-refractivity contribution >= 4 is 38.8 Å². The molecule has 1 amide bonds. The van der Waals surface area contributed by atoms with Crippen LogP contribution in [0.1, 0.15) is 80.6 Å². The minimum Gasteiger partial charge on any atom is -0.383 e. The van der Waals surface area contributed by atoms with E-state index in [1.165, 1.54) is 13.8 Å². The normalized spacial score (nSPS) is 13.9. The van der Waals surface area contributed by atoms with Gasteiger partial charge in [-0.2, -0.15) is 5.26 Å². The maximum Gasteiger partial charge on any atom is 0.259 e. The van der Waals surface area contributed by atoms with Gasteiger partial charge in [0.15, 0.2) is 19.3 Å². The van der Waals surface area contributed by atoms with Crippen molar-refractivity contribution in [1.82, 2.24) is 4.98 Å². The van der Waals surface area contributed by atoms with Crippen LogP contribution in [-0.2, 0) is 26.7 Å². The van der Waals surface area contributed by atoms with Crippen LogP contribution in [0.4, 0.5) is 0 Å². The molecule has 0 aliphatic heterocycles. The van der Waals surface area contributed by atoms with E-state index in [0.717, 1.165) is 28.0 Å². The lowest BCUT2D eigenvalue weighted by Gasteiger charge is -2.19. The Kier molecular flexibility index (Phi) is 7.67. The number of aliphatic hydroxyl groups is 1. The highest BCUT2D eigenvalue weighted by molar-refractivity contribution is 7.93. The average molecular weight is 483 g/mol. The van der Waals surface area contributed by atoms with Crippen LogP contribution in [0, 0.1) is 11.3 Å². The molecule has 31 heavy (non-hydrogen) atoms. The number of nitrogens with two attached hydrogens (primary N) is 1. The molecule has 1 unspecified atom stereocenters. The Labute approximate surface area is 192 Å². The van der Waals surface area contributed by atoms with Gasteiger partial charge in [-0.1, -0.05) is 39.3 Å². The summed E-state index contributed by atoms with van der Waals surface area (Å²) < 4.78 is 16.8. The highest BCUT2D eigenvalue weighted by atomic mass is 35.5. The fourth-order valence-corrected chi connectivity index (χ4v) is 5.96. The molecule has 0 radical (unpaired) electrons. The number of carbonyl (C=O) groups excluding carboxylic acids is 1. The smallest absolute Gasteiger partial charge is 0.259 e. The number of thiazole rings is 1. The van der Waals surface area contributed by atoms with Crippen LogP contribution < -0.4 is 5.14 Å². The number of nitrogens with zero attached hydrogens (tertiary/aromatic N) is 3. The summed E-state index contributed by atoms with van der Waals surface area (Å²) >= 11 is 6.94. The molecule has 0 spiro atoms. The molecule has 0 saturated carbocycles. The van der Waals surface area contributed by atoms with Gasteiger partial charge in [0, 0.05) is 0 Å². The summed E-state index contributed by atoms with van der Waals surface area (Å²) in [6, 6.07) is 5.71. The molecule has 0 saturated heterocycles. The SMILES string of the molecule is CC(C)c1cc(C#N)cc(C(C)C)c1CC(=O)N=S(N)(=O)c1sc(C(C)(C)O)nc1Cl. The summed E-state index contributed by atoms with van der Waals surface area (Å²) in [6.07, 6.45) is -0.101. The van der Waals surface area contributed by atoms with E-state index >= 15 is 0 Å². The molecule has 0 aliphatic carbocycles. The van der Waals surface area contributed by atoms with Crippen molar-refractivity contribution in [2.75, 3.05) is 0 Å². The lowest BCUT2D eigenvalue weighted by molar-refractivity contribution is -0.117. The predicted octanol–water partition coefficient (Wildman–Crippen LogP) is 4.61. The summed E-state index contributed by atoms with van der Waals surface area (Å²) in [6.45, 7) is 10.9. The third-order valence-electron chi connectivity index (χ3n) is 4.60. The van der Waals surface area contributed by atoms with Crippen LogP contribution in [0.15, 0.2) is 20.7 Å². The first-order chi connectivity index (χ1) is 14.2. The molecule has 1 aromatic heterocycles. The summed E-state index contributed by atoms with van der Waals surface area (Å²) in [5, 5.41) is 25.5. The molecule has 2 rings (SSSR count). The van der Waals surface area contributed by atoms with Gasteiger partial charge in [0.2, 0.25) is 0 Å². The van der Waals surface area contributed by atoms with Crippen molar-refractivity contribution in [3.05, 3.63) is 44.5 Å². The Bertz CT molecular complexity index is 1140. The maximum atomic E-state index is 13.0. The largest absolute Gasteiger partial charge is 0.383 e. The maximum absolute atomic E-state index is 13.0. The topological polar surface area (TPSA) is 129 Å². The fourth-order valence-electron chi connectivity index (χ4n) is 3.12. The van der Waals surface area contributed by atoms with E-state index in [9.17, 15) is 19.4 Å². The molecular weight excluding hydrogens is 456 g/mol. The standard InChI is InChI=1S/C21H27ClN4O3S2/c1-11(2)14-7-13(10-23)8-15(12(3)4)16(14)9-17(27)26-31(24,29)19-18(22)25-20(30-19)21(5,6)28/h7-8,11-12,28H,9H2,1-6H3,(H2,24,26,27,29). The monoisotopic (exact) mass is 482 g/mol. The third kappa shape index (κ3) is 5.90. The predicted molar refractivity (Wildman–Crippen MR) is 123 cm³/mol. The highest BCUT2D eigenvalue weighted by Crippen LogP contribution is 2.34. The number of nitriles is 1. The van der Waals surface area contributed by atoms with E-state index in [2.05, 4.69) is 15.4 Å². The molecule has 0 bridgehead atoms. The van der Waals surface area contributed by atoms with Gasteiger partial charge >= 0.3 is 0 Å². The molecule has 7 nitrogen and oxygen atoms in total. The zero-order valence-corrected chi connectivity index (χ0v) is 20.8. The molecule has 1 heterocycles. The van der Waals surface area contributed by atoms with Gasteiger partial charge in [-0.05, 0) is 54.5 Å². The molecule has 0 aliphatic rings. The number of rotatable bonds is 6. The summed E-state index contributed by atoms with van der Waals surface area (Å²) in [7, 11) is -3.64. The molecular formula is C21H27ClN4O3S2. The second kappa shape index (κ2) is 9.35. The number of carbonyl (C=O) groups is 1. The second-order valence-electron chi connectivity index (χ2n) is 8.44. The Morgan fingerprint density at radius 1 is 1.32 bits per heavy atom. The minimum atomic E-state index is -3.64. The van der Waals surface area contributed by atoms with Gasteiger partial charge in [-0.25, -0.2) is 14.3 Å². The highest BCUT2D eigenvalue weighted by Gasteiger charge is 2.27. The van der Waals surface area contributed by atoms with E-state index in [0.29, 0.717) is 5.56 Å². The molecule has 10 heteroatoms. The van der Waals surface area contributed by atoms with E-state index in [-0.39, 0.29) is 32.6 Å². The first-order valence-electron chi connectivity index (χ1n) is 9.71. The number of aromatic nitrogens is 1. The van der Waals surface area contributed by atoms with Crippen molar-refractivity contribution in [2.45, 2.75) is 69.6 Å². The fraction of sp³-hybridized carbons (Fsp3) is 0.476. The number of hydrogen-bond acceptors (Lipinski definition) is 6. The number of hydrogen-bond donors (Lipinski definition) is 2. The molecule has 168 valence electrons. The van der Waals surface area contributed by atoms with E-state index in [1.807, 2.05) is 27.7 Å². The van der Waals surface area contributed by atoms with Crippen molar-refractivity contribution in [3.8, 4) is 6.07 Å². The van der Waals surface area contributed by atoms with Crippen molar-refractivity contribution in [1.29, 1.82) is 5.26 Å². The van der Waals surface area contributed by atoms with Crippen molar-refractivity contribution < 1.29 is 14.1 Å².